The van der Waals surface area contributed by atoms with Gasteiger partial charge in [-0.3, -0.25) is 0 Å². The van der Waals surface area contributed by atoms with E-state index in [4.69, 9.17) is 0 Å². The zero-order chi connectivity index (χ0) is 18.5. The van der Waals surface area contributed by atoms with Crippen molar-refractivity contribution in [3.8, 4) is 0 Å². The lowest BCUT2D eigenvalue weighted by molar-refractivity contribution is 0.894. The fraction of sp³-hybridized carbons (Fsp3) is 0.0769. The highest BCUT2D eigenvalue weighted by molar-refractivity contribution is 8.00. The molecule has 0 saturated heterocycles. The van der Waals surface area contributed by atoms with E-state index in [1.807, 2.05) is 11.8 Å². The van der Waals surface area contributed by atoms with Crippen molar-refractivity contribution in [3.63, 3.8) is 0 Å². The highest BCUT2D eigenvalue weighted by Gasteiger charge is 2.37. The molecule has 4 aromatic carbocycles. The van der Waals surface area contributed by atoms with Gasteiger partial charge in [-0.1, -0.05) is 109 Å². The summed E-state index contributed by atoms with van der Waals surface area (Å²) in [7, 11) is 0. The van der Waals surface area contributed by atoms with Gasteiger partial charge in [-0.2, -0.15) is 0 Å². The van der Waals surface area contributed by atoms with Crippen LogP contribution in [0.2, 0.25) is 0 Å². The molecule has 0 unspecified atom stereocenters. The first-order chi connectivity index (χ1) is 13.3. The average molecular weight is 367 g/mol. The Balaban J connectivity index is 1.98. The van der Waals surface area contributed by atoms with E-state index >= 15 is 0 Å². The summed E-state index contributed by atoms with van der Waals surface area (Å²) < 4.78 is -0.307. The third-order valence-electron chi connectivity index (χ3n) is 4.83. The van der Waals surface area contributed by atoms with E-state index in [0.717, 1.165) is 0 Å². The molecule has 0 nitrogen and oxygen atoms in total. The molecule has 0 heterocycles. The van der Waals surface area contributed by atoms with Crippen molar-refractivity contribution in [1.82, 2.24) is 0 Å². The Hall–Kier alpha value is -2.77. The highest BCUT2D eigenvalue weighted by atomic mass is 32.2. The molecule has 0 aromatic heterocycles. The van der Waals surface area contributed by atoms with E-state index in [1.54, 1.807) is 0 Å². The van der Waals surface area contributed by atoms with Crippen LogP contribution in [0.15, 0.2) is 120 Å². The molecule has 0 amide bonds. The molecule has 0 aliphatic heterocycles. The molecule has 0 N–H and O–H groups in total. The van der Waals surface area contributed by atoms with E-state index < -0.39 is 0 Å². The first kappa shape index (κ1) is 17.6. The third kappa shape index (κ3) is 3.56. The van der Waals surface area contributed by atoms with Crippen molar-refractivity contribution in [2.75, 3.05) is 0 Å². The summed E-state index contributed by atoms with van der Waals surface area (Å²) in [5, 5.41) is 0. The molecule has 0 saturated carbocycles. The van der Waals surface area contributed by atoms with Crippen LogP contribution in [0.1, 0.15) is 22.3 Å². The Kier molecular flexibility index (Phi) is 5.13. The second-order valence-electron chi connectivity index (χ2n) is 6.69. The maximum Gasteiger partial charge on any atom is 0.0954 e. The predicted octanol–water partition coefficient (Wildman–Crippen LogP) is 7.08. The second-order valence-corrected chi connectivity index (χ2v) is 7.98. The summed E-state index contributed by atoms with van der Waals surface area (Å²) in [4.78, 5) is 1.26. The number of thioether (sulfide) groups is 1. The predicted molar refractivity (Wildman–Crippen MR) is 116 cm³/mol. The van der Waals surface area contributed by atoms with Crippen LogP contribution in [0.25, 0.3) is 0 Å². The number of hydrogen-bond acceptors (Lipinski definition) is 1. The minimum Gasteiger partial charge on any atom is -0.105 e. The zero-order valence-corrected chi connectivity index (χ0v) is 16.2. The van der Waals surface area contributed by atoms with Gasteiger partial charge in [0.2, 0.25) is 0 Å². The lowest BCUT2D eigenvalue weighted by Crippen LogP contribution is -2.25. The fourth-order valence-corrected chi connectivity index (χ4v) is 4.87. The summed E-state index contributed by atoms with van der Waals surface area (Å²) in [6.45, 7) is 2.13. The molecule has 0 atom stereocenters. The smallest absolute Gasteiger partial charge is 0.0954 e. The summed E-state index contributed by atoms with van der Waals surface area (Å²) in [5.74, 6) is 0. The van der Waals surface area contributed by atoms with Gasteiger partial charge in [-0.15, -0.1) is 11.8 Å². The largest absolute Gasteiger partial charge is 0.105 e. The van der Waals surface area contributed by atoms with Crippen LogP contribution >= 0.6 is 11.8 Å². The van der Waals surface area contributed by atoms with Gasteiger partial charge in [-0.05, 0) is 35.7 Å². The van der Waals surface area contributed by atoms with E-state index in [0.29, 0.717) is 0 Å². The molecule has 0 radical (unpaired) electrons. The van der Waals surface area contributed by atoms with Crippen LogP contribution in [0.5, 0.6) is 0 Å². The standard InChI is InChI=1S/C26H22S/c1-21-17-19-25(20-18-21)27-26(22-11-5-2-6-12-22,23-13-7-3-8-14-23)24-15-9-4-10-16-24/h2-20H,1H3. The summed E-state index contributed by atoms with van der Waals surface area (Å²) in [6, 6.07) is 41.3. The molecule has 4 rings (SSSR count). The van der Waals surface area contributed by atoms with Crippen molar-refractivity contribution in [2.45, 2.75) is 16.6 Å². The van der Waals surface area contributed by atoms with Crippen LogP contribution in [0.3, 0.4) is 0 Å². The monoisotopic (exact) mass is 366 g/mol. The average Bonchev–Trinajstić information content (AvgIpc) is 2.75. The zero-order valence-electron chi connectivity index (χ0n) is 15.4. The van der Waals surface area contributed by atoms with Gasteiger partial charge in [0.25, 0.3) is 0 Å². The van der Waals surface area contributed by atoms with Crippen LogP contribution < -0.4 is 0 Å². The molecular formula is C26H22S. The Morgan fingerprint density at radius 3 is 1.22 bits per heavy atom. The summed E-state index contributed by atoms with van der Waals surface area (Å²) in [5.41, 5.74) is 5.14. The molecule has 0 fully saturated rings. The molecule has 132 valence electrons. The van der Waals surface area contributed by atoms with Gasteiger partial charge >= 0.3 is 0 Å². The lowest BCUT2D eigenvalue weighted by Gasteiger charge is -2.35. The summed E-state index contributed by atoms with van der Waals surface area (Å²) >= 11 is 1.90. The van der Waals surface area contributed by atoms with Crippen molar-refractivity contribution in [1.29, 1.82) is 0 Å². The molecule has 0 bridgehead atoms. The second kappa shape index (κ2) is 7.85. The van der Waals surface area contributed by atoms with E-state index in [-0.39, 0.29) is 4.75 Å². The molecule has 1 heteroatoms. The SMILES string of the molecule is Cc1ccc(SC(c2ccccc2)(c2ccccc2)c2ccccc2)cc1. The van der Waals surface area contributed by atoms with Gasteiger partial charge in [0, 0.05) is 4.90 Å². The van der Waals surface area contributed by atoms with Gasteiger partial charge < -0.3 is 0 Å². The molecule has 27 heavy (non-hydrogen) atoms. The van der Waals surface area contributed by atoms with Gasteiger partial charge in [-0.25, -0.2) is 0 Å². The Labute approximate surface area is 165 Å². The quantitative estimate of drug-likeness (QED) is 0.269. The number of benzene rings is 4. The highest BCUT2D eigenvalue weighted by Crippen LogP contribution is 2.51. The van der Waals surface area contributed by atoms with E-state index in [1.165, 1.54) is 27.1 Å². The number of hydrogen-bond donors (Lipinski definition) is 0. The van der Waals surface area contributed by atoms with Crippen molar-refractivity contribution < 1.29 is 0 Å². The van der Waals surface area contributed by atoms with Crippen molar-refractivity contribution >= 4 is 11.8 Å². The third-order valence-corrected chi connectivity index (χ3v) is 6.35. The van der Waals surface area contributed by atoms with E-state index in [9.17, 15) is 0 Å². The molecule has 0 aliphatic carbocycles. The Bertz CT molecular complexity index is 878. The lowest BCUT2D eigenvalue weighted by atomic mass is 9.84. The summed E-state index contributed by atoms with van der Waals surface area (Å²) in [6.07, 6.45) is 0. The Morgan fingerprint density at radius 1 is 0.481 bits per heavy atom. The van der Waals surface area contributed by atoms with Gasteiger partial charge in [0.1, 0.15) is 0 Å². The number of rotatable bonds is 5. The van der Waals surface area contributed by atoms with Crippen molar-refractivity contribution in [2.24, 2.45) is 0 Å². The van der Waals surface area contributed by atoms with Crippen LogP contribution in [-0.2, 0) is 4.75 Å². The minimum atomic E-state index is -0.307. The molecular weight excluding hydrogens is 344 g/mol. The topological polar surface area (TPSA) is 0 Å². The normalized spacial score (nSPS) is 11.3. The fourth-order valence-electron chi connectivity index (χ4n) is 3.48. The first-order valence-electron chi connectivity index (χ1n) is 9.21. The van der Waals surface area contributed by atoms with Crippen LogP contribution in [-0.4, -0.2) is 0 Å². The maximum absolute atomic E-state index is 2.24. The maximum atomic E-state index is 2.24. The van der Waals surface area contributed by atoms with Gasteiger partial charge in [0.05, 0.1) is 4.75 Å². The molecule has 0 spiro atoms. The van der Waals surface area contributed by atoms with E-state index in [2.05, 4.69) is 122 Å². The minimum absolute atomic E-state index is 0.307. The van der Waals surface area contributed by atoms with Crippen LogP contribution in [0, 0.1) is 6.92 Å². The Morgan fingerprint density at radius 2 is 0.852 bits per heavy atom. The number of aryl methyl sites for hydroxylation is 1. The first-order valence-corrected chi connectivity index (χ1v) is 10.0. The van der Waals surface area contributed by atoms with Gasteiger partial charge in [0.15, 0.2) is 0 Å². The molecule has 0 aliphatic rings. The van der Waals surface area contributed by atoms with Crippen LogP contribution in [0.4, 0.5) is 0 Å². The van der Waals surface area contributed by atoms with Crippen molar-refractivity contribution in [3.05, 3.63) is 138 Å². The molecule has 4 aromatic rings.